The molecular weight excluding hydrogens is 288 g/mol. The van der Waals surface area contributed by atoms with Crippen molar-refractivity contribution < 1.29 is 9.47 Å². The normalized spacial score (nSPS) is 28.1. The SMILES string of the molecule is CCO[C@@H]1[C@H]2CC[C@H]1OCCN2Cc1ccc2ccccc2n1. The number of aromatic nitrogens is 1. The van der Waals surface area contributed by atoms with Crippen LogP contribution in [0.15, 0.2) is 36.4 Å². The van der Waals surface area contributed by atoms with Crippen LogP contribution in [0.2, 0.25) is 0 Å². The Morgan fingerprint density at radius 3 is 3.04 bits per heavy atom. The van der Waals surface area contributed by atoms with Gasteiger partial charge in [0.1, 0.15) is 0 Å². The predicted octanol–water partition coefficient (Wildman–Crippen LogP) is 3.00. The fourth-order valence-corrected chi connectivity index (χ4v) is 3.98. The van der Waals surface area contributed by atoms with Crippen LogP contribution in [0.4, 0.5) is 0 Å². The van der Waals surface area contributed by atoms with Crippen molar-refractivity contribution >= 4 is 10.9 Å². The Bertz CT molecular complexity index is 675. The Balaban J connectivity index is 1.56. The second-order valence-electron chi connectivity index (χ2n) is 6.44. The van der Waals surface area contributed by atoms with E-state index < -0.39 is 0 Å². The van der Waals surface area contributed by atoms with Gasteiger partial charge in [-0.15, -0.1) is 0 Å². The third-order valence-corrected chi connectivity index (χ3v) is 5.05. The maximum absolute atomic E-state index is 6.01. The van der Waals surface area contributed by atoms with E-state index in [2.05, 4.69) is 42.2 Å². The molecule has 0 amide bonds. The minimum atomic E-state index is 0.211. The quantitative estimate of drug-likeness (QED) is 0.869. The molecule has 2 aromatic rings. The number of hydrogen-bond donors (Lipinski definition) is 0. The molecular formula is C19H24N2O2. The summed E-state index contributed by atoms with van der Waals surface area (Å²) < 4.78 is 12.0. The van der Waals surface area contributed by atoms with Crippen molar-refractivity contribution in [3.05, 3.63) is 42.1 Å². The first kappa shape index (κ1) is 15.1. The molecule has 0 spiro atoms. The molecule has 2 bridgehead atoms. The van der Waals surface area contributed by atoms with Crippen molar-refractivity contribution in [2.45, 2.75) is 44.6 Å². The highest BCUT2D eigenvalue weighted by Crippen LogP contribution is 2.32. The molecule has 1 aliphatic heterocycles. The number of hydrogen-bond acceptors (Lipinski definition) is 4. The predicted molar refractivity (Wildman–Crippen MR) is 90.3 cm³/mol. The Labute approximate surface area is 137 Å². The number of fused-ring (bicyclic) bond motifs is 3. The van der Waals surface area contributed by atoms with E-state index in [4.69, 9.17) is 14.5 Å². The number of rotatable bonds is 4. The molecule has 0 unspecified atom stereocenters. The van der Waals surface area contributed by atoms with Crippen LogP contribution in [0.3, 0.4) is 0 Å². The number of benzene rings is 1. The van der Waals surface area contributed by atoms with Crippen LogP contribution < -0.4 is 0 Å². The average Bonchev–Trinajstić information content (AvgIpc) is 2.88. The van der Waals surface area contributed by atoms with E-state index >= 15 is 0 Å². The first-order valence-corrected chi connectivity index (χ1v) is 8.67. The second-order valence-corrected chi connectivity index (χ2v) is 6.44. The molecule has 0 N–H and O–H groups in total. The lowest BCUT2D eigenvalue weighted by Crippen LogP contribution is -2.43. The molecule has 122 valence electrons. The van der Waals surface area contributed by atoms with Crippen LogP contribution in [0.5, 0.6) is 0 Å². The lowest BCUT2D eigenvalue weighted by molar-refractivity contribution is -0.0498. The Kier molecular flexibility index (Phi) is 4.29. The summed E-state index contributed by atoms with van der Waals surface area (Å²) in [6.45, 7) is 5.44. The van der Waals surface area contributed by atoms with Crippen LogP contribution in [0.1, 0.15) is 25.5 Å². The molecule has 1 saturated carbocycles. The molecule has 1 saturated heterocycles. The van der Waals surface area contributed by atoms with Gasteiger partial charge >= 0.3 is 0 Å². The molecule has 2 fully saturated rings. The summed E-state index contributed by atoms with van der Waals surface area (Å²) in [5.41, 5.74) is 2.20. The van der Waals surface area contributed by atoms with Crippen molar-refractivity contribution in [3.63, 3.8) is 0 Å². The maximum Gasteiger partial charge on any atom is 0.0991 e. The molecule has 4 heteroatoms. The van der Waals surface area contributed by atoms with Gasteiger partial charge in [-0.3, -0.25) is 9.88 Å². The van der Waals surface area contributed by atoms with Crippen LogP contribution in [0.25, 0.3) is 10.9 Å². The van der Waals surface area contributed by atoms with Gasteiger partial charge in [-0.05, 0) is 31.9 Å². The fraction of sp³-hybridized carbons (Fsp3) is 0.526. The molecule has 4 rings (SSSR count). The van der Waals surface area contributed by atoms with E-state index in [0.29, 0.717) is 6.04 Å². The van der Waals surface area contributed by atoms with Gasteiger partial charge < -0.3 is 9.47 Å². The largest absolute Gasteiger partial charge is 0.374 e. The third kappa shape index (κ3) is 2.99. The molecule has 2 heterocycles. The average molecular weight is 312 g/mol. The van der Waals surface area contributed by atoms with Gasteiger partial charge in [-0.25, -0.2) is 0 Å². The van der Waals surface area contributed by atoms with Crippen molar-refractivity contribution in [1.29, 1.82) is 0 Å². The van der Waals surface area contributed by atoms with E-state index in [1.165, 1.54) is 5.39 Å². The Hall–Kier alpha value is -1.49. The number of ether oxygens (including phenoxy) is 2. The zero-order chi connectivity index (χ0) is 15.6. The van der Waals surface area contributed by atoms with Gasteiger partial charge in [0.05, 0.1) is 30.0 Å². The molecule has 1 aromatic heterocycles. The zero-order valence-electron chi connectivity index (χ0n) is 13.6. The van der Waals surface area contributed by atoms with Gasteiger partial charge in [-0.2, -0.15) is 0 Å². The summed E-state index contributed by atoms with van der Waals surface area (Å²) in [6.07, 6.45) is 2.75. The van der Waals surface area contributed by atoms with Crippen molar-refractivity contribution in [3.8, 4) is 0 Å². The smallest absolute Gasteiger partial charge is 0.0991 e. The molecule has 3 atom stereocenters. The molecule has 1 aromatic carbocycles. The Morgan fingerprint density at radius 2 is 2.13 bits per heavy atom. The highest BCUT2D eigenvalue weighted by Gasteiger charge is 2.42. The first-order valence-electron chi connectivity index (χ1n) is 8.67. The number of pyridine rings is 1. The number of nitrogens with zero attached hydrogens (tertiary/aromatic N) is 2. The van der Waals surface area contributed by atoms with E-state index in [9.17, 15) is 0 Å². The first-order chi connectivity index (χ1) is 11.3. The Morgan fingerprint density at radius 1 is 1.22 bits per heavy atom. The highest BCUT2D eigenvalue weighted by atomic mass is 16.5. The second kappa shape index (κ2) is 6.56. The lowest BCUT2D eigenvalue weighted by atomic mass is 10.1. The van der Waals surface area contributed by atoms with Crippen molar-refractivity contribution in [2.75, 3.05) is 19.8 Å². The number of para-hydroxylation sites is 1. The standard InChI is InChI=1S/C19H24N2O2/c1-2-22-19-17-9-10-18(19)23-12-11-21(17)13-15-8-7-14-5-3-4-6-16(14)20-15/h3-8,17-19H,2,9-13H2,1H3/t17-,18-,19-/m1/s1. The topological polar surface area (TPSA) is 34.6 Å². The fourth-order valence-electron chi connectivity index (χ4n) is 3.98. The highest BCUT2D eigenvalue weighted by molar-refractivity contribution is 5.78. The van der Waals surface area contributed by atoms with Crippen LogP contribution in [-0.2, 0) is 16.0 Å². The van der Waals surface area contributed by atoms with E-state index in [-0.39, 0.29) is 12.2 Å². The summed E-state index contributed by atoms with van der Waals surface area (Å²) in [4.78, 5) is 7.33. The van der Waals surface area contributed by atoms with Crippen LogP contribution in [0, 0.1) is 0 Å². The summed E-state index contributed by atoms with van der Waals surface area (Å²) in [6, 6.07) is 13.1. The van der Waals surface area contributed by atoms with Crippen molar-refractivity contribution in [1.82, 2.24) is 9.88 Å². The monoisotopic (exact) mass is 312 g/mol. The molecule has 4 nitrogen and oxygen atoms in total. The van der Waals surface area contributed by atoms with Gasteiger partial charge in [-0.1, -0.05) is 24.3 Å². The van der Waals surface area contributed by atoms with E-state index in [1.807, 2.05) is 6.07 Å². The summed E-state index contributed by atoms with van der Waals surface area (Å²) in [7, 11) is 0. The molecule has 0 radical (unpaired) electrons. The van der Waals surface area contributed by atoms with Crippen LogP contribution in [-0.4, -0.2) is 47.9 Å². The summed E-state index contributed by atoms with van der Waals surface area (Å²) >= 11 is 0. The van der Waals surface area contributed by atoms with E-state index in [0.717, 1.165) is 50.4 Å². The van der Waals surface area contributed by atoms with Gasteiger partial charge in [0.2, 0.25) is 0 Å². The van der Waals surface area contributed by atoms with Crippen LogP contribution >= 0.6 is 0 Å². The third-order valence-electron chi connectivity index (χ3n) is 5.05. The molecule has 1 aliphatic carbocycles. The van der Waals surface area contributed by atoms with Gasteiger partial charge in [0.15, 0.2) is 0 Å². The van der Waals surface area contributed by atoms with Gasteiger partial charge in [0.25, 0.3) is 0 Å². The molecule has 23 heavy (non-hydrogen) atoms. The summed E-state index contributed by atoms with van der Waals surface area (Å²) in [5, 5.41) is 1.20. The van der Waals surface area contributed by atoms with E-state index in [1.54, 1.807) is 0 Å². The van der Waals surface area contributed by atoms with Crippen molar-refractivity contribution in [2.24, 2.45) is 0 Å². The zero-order valence-corrected chi connectivity index (χ0v) is 13.6. The maximum atomic E-state index is 6.01. The van der Waals surface area contributed by atoms with Gasteiger partial charge in [0, 0.05) is 31.1 Å². The lowest BCUT2D eigenvalue weighted by Gasteiger charge is -2.30. The minimum Gasteiger partial charge on any atom is -0.374 e. The molecule has 2 aliphatic rings. The minimum absolute atomic E-state index is 0.211. The summed E-state index contributed by atoms with van der Waals surface area (Å²) in [5.74, 6) is 0.